The van der Waals surface area contributed by atoms with E-state index in [-0.39, 0.29) is 22.8 Å². The molecule has 0 bridgehead atoms. The zero-order valence-corrected chi connectivity index (χ0v) is 14.7. The summed E-state index contributed by atoms with van der Waals surface area (Å²) < 4.78 is 0. The van der Waals surface area contributed by atoms with E-state index in [1.54, 1.807) is 36.4 Å². The van der Waals surface area contributed by atoms with Crippen LogP contribution < -0.4 is 4.90 Å². The van der Waals surface area contributed by atoms with Gasteiger partial charge < -0.3 is 4.90 Å². The summed E-state index contributed by atoms with van der Waals surface area (Å²) in [6.45, 7) is 1.60. The molecule has 1 fully saturated rings. The lowest BCUT2D eigenvalue weighted by Crippen LogP contribution is -2.29. The molecule has 6 nitrogen and oxygen atoms in total. The van der Waals surface area contributed by atoms with E-state index in [0.29, 0.717) is 22.4 Å². The summed E-state index contributed by atoms with van der Waals surface area (Å²) in [5.74, 6) is -0.670. The van der Waals surface area contributed by atoms with Crippen LogP contribution in [0.15, 0.2) is 48.0 Å². The Morgan fingerprint density at radius 1 is 0.926 bits per heavy atom. The topological polar surface area (TPSA) is 80.5 Å². The smallest absolute Gasteiger partial charge is 0.293 e. The normalized spacial score (nSPS) is 16.4. The SMILES string of the molecule is O=C1C(=Cc2ccc(N3CCCCC3)c([N+](=O)[O-])c2)C(=O)c2ccccc21. The minimum atomic E-state index is -0.404. The van der Waals surface area contributed by atoms with Crippen molar-refractivity contribution in [3.05, 3.63) is 74.8 Å². The third kappa shape index (κ3) is 3.03. The predicted molar refractivity (Wildman–Crippen MR) is 102 cm³/mol. The lowest BCUT2D eigenvalue weighted by molar-refractivity contribution is -0.384. The maximum atomic E-state index is 12.5. The van der Waals surface area contributed by atoms with Crippen LogP contribution in [0.1, 0.15) is 45.5 Å². The molecular weight excluding hydrogens is 344 g/mol. The van der Waals surface area contributed by atoms with Crippen LogP contribution in [0.25, 0.3) is 6.08 Å². The highest BCUT2D eigenvalue weighted by molar-refractivity contribution is 6.41. The lowest BCUT2D eigenvalue weighted by atomic mass is 10.0. The van der Waals surface area contributed by atoms with Gasteiger partial charge in [-0.2, -0.15) is 0 Å². The first-order valence-corrected chi connectivity index (χ1v) is 9.00. The largest absolute Gasteiger partial charge is 0.366 e. The van der Waals surface area contributed by atoms with E-state index in [9.17, 15) is 19.7 Å². The zero-order chi connectivity index (χ0) is 19.0. The fourth-order valence-corrected chi connectivity index (χ4v) is 3.75. The Kier molecular flexibility index (Phi) is 4.32. The highest BCUT2D eigenvalue weighted by Gasteiger charge is 2.32. The van der Waals surface area contributed by atoms with E-state index < -0.39 is 4.92 Å². The molecule has 27 heavy (non-hydrogen) atoms. The van der Waals surface area contributed by atoms with Crippen molar-refractivity contribution in [2.45, 2.75) is 19.3 Å². The molecule has 0 amide bonds. The van der Waals surface area contributed by atoms with Crippen LogP contribution in [0.4, 0.5) is 11.4 Å². The summed E-state index contributed by atoms with van der Waals surface area (Å²) in [4.78, 5) is 38.2. The lowest BCUT2D eigenvalue weighted by Gasteiger charge is -2.28. The number of hydrogen-bond donors (Lipinski definition) is 0. The van der Waals surface area contributed by atoms with Crippen molar-refractivity contribution in [2.24, 2.45) is 0 Å². The fourth-order valence-electron chi connectivity index (χ4n) is 3.75. The van der Waals surface area contributed by atoms with E-state index in [4.69, 9.17) is 0 Å². The van der Waals surface area contributed by atoms with Gasteiger partial charge in [0.1, 0.15) is 5.69 Å². The summed E-state index contributed by atoms with van der Waals surface area (Å²) in [6.07, 6.45) is 4.63. The molecule has 6 heteroatoms. The van der Waals surface area contributed by atoms with Gasteiger partial charge in [-0.25, -0.2) is 0 Å². The number of nitro benzene ring substituents is 1. The Hall–Kier alpha value is -3.28. The van der Waals surface area contributed by atoms with Crippen molar-refractivity contribution in [2.75, 3.05) is 18.0 Å². The van der Waals surface area contributed by atoms with E-state index in [0.717, 1.165) is 32.4 Å². The molecule has 1 aliphatic heterocycles. The summed E-state index contributed by atoms with van der Waals surface area (Å²) >= 11 is 0. The molecule has 2 aromatic carbocycles. The monoisotopic (exact) mass is 362 g/mol. The van der Waals surface area contributed by atoms with Gasteiger partial charge in [-0.3, -0.25) is 19.7 Å². The predicted octanol–water partition coefficient (Wildman–Crippen LogP) is 4.05. The second-order valence-corrected chi connectivity index (χ2v) is 6.81. The Morgan fingerprint density at radius 3 is 2.15 bits per heavy atom. The van der Waals surface area contributed by atoms with Gasteiger partial charge in [0.2, 0.25) is 0 Å². The molecular formula is C21H18N2O4. The minimum absolute atomic E-state index is 0.00154. The van der Waals surface area contributed by atoms with Gasteiger partial charge >= 0.3 is 0 Å². The number of carbonyl (C=O) groups is 2. The number of nitrogens with zero attached hydrogens (tertiary/aromatic N) is 2. The first-order chi connectivity index (χ1) is 13.1. The molecule has 0 radical (unpaired) electrons. The average molecular weight is 362 g/mol. The molecule has 0 spiro atoms. The summed E-state index contributed by atoms with van der Waals surface area (Å²) in [5, 5.41) is 11.6. The Morgan fingerprint density at radius 2 is 1.56 bits per heavy atom. The van der Waals surface area contributed by atoms with Gasteiger partial charge in [0, 0.05) is 30.3 Å². The van der Waals surface area contributed by atoms with Crippen molar-refractivity contribution in [1.29, 1.82) is 0 Å². The van der Waals surface area contributed by atoms with E-state index in [1.807, 2.05) is 4.90 Å². The number of ketones is 2. The van der Waals surface area contributed by atoms with Crippen molar-refractivity contribution in [1.82, 2.24) is 0 Å². The Labute approximate surface area is 156 Å². The molecule has 0 aromatic heterocycles. The number of hydrogen-bond acceptors (Lipinski definition) is 5. The molecule has 136 valence electrons. The molecule has 1 heterocycles. The van der Waals surface area contributed by atoms with Crippen LogP contribution >= 0.6 is 0 Å². The van der Waals surface area contributed by atoms with Gasteiger partial charge in [0.15, 0.2) is 11.6 Å². The van der Waals surface area contributed by atoms with Crippen molar-refractivity contribution < 1.29 is 14.5 Å². The first-order valence-electron chi connectivity index (χ1n) is 9.00. The van der Waals surface area contributed by atoms with E-state index in [1.165, 1.54) is 12.1 Å². The number of piperidine rings is 1. The van der Waals surface area contributed by atoms with Crippen LogP contribution in [-0.2, 0) is 0 Å². The first kappa shape index (κ1) is 17.1. The van der Waals surface area contributed by atoms with Gasteiger partial charge in [-0.15, -0.1) is 0 Å². The van der Waals surface area contributed by atoms with Gasteiger partial charge in [0.25, 0.3) is 5.69 Å². The molecule has 2 aromatic rings. The van der Waals surface area contributed by atoms with Crippen molar-refractivity contribution in [3.8, 4) is 0 Å². The summed E-state index contributed by atoms with van der Waals surface area (Å²) in [6, 6.07) is 11.6. The molecule has 0 saturated carbocycles. The molecule has 2 aliphatic rings. The van der Waals surface area contributed by atoms with Gasteiger partial charge in [-0.1, -0.05) is 30.3 Å². The molecule has 1 aliphatic carbocycles. The molecule has 0 unspecified atom stereocenters. The zero-order valence-electron chi connectivity index (χ0n) is 14.7. The fraction of sp³-hybridized carbons (Fsp3) is 0.238. The minimum Gasteiger partial charge on any atom is -0.366 e. The second kappa shape index (κ2) is 6.79. The van der Waals surface area contributed by atoms with Crippen molar-refractivity contribution in [3.63, 3.8) is 0 Å². The highest BCUT2D eigenvalue weighted by atomic mass is 16.6. The van der Waals surface area contributed by atoms with E-state index in [2.05, 4.69) is 0 Å². The number of rotatable bonds is 3. The Balaban J connectivity index is 1.72. The van der Waals surface area contributed by atoms with Crippen LogP contribution in [-0.4, -0.2) is 29.6 Å². The van der Waals surface area contributed by atoms with Crippen LogP contribution in [0.2, 0.25) is 0 Å². The van der Waals surface area contributed by atoms with Crippen LogP contribution in [0.3, 0.4) is 0 Å². The maximum absolute atomic E-state index is 12.5. The standard InChI is InChI=1S/C21H18N2O4/c24-20-15-6-2-3-7-16(15)21(25)17(20)12-14-8-9-18(19(13-14)23(26)27)22-10-4-1-5-11-22/h2-3,6-9,12-13H,1,4-5,10-11H2. The third-order valence-electron chi connectivity index (χ3n) is 5.11. The number of benzene rings is 2. The van der Waals surface area contributed by atoms with Crippen molar-refractivity contribution >= 4 is 29.0 Å². The average Bonchev–Trinajstić information content (AvgIpc) is 2.94. The number of nitro groups is 1. The molecule has 1 saturated heterocycles. The van der Waals surface area contributed by atoms with Crippen LogP contribution in [0, 0.1) is 10.1 Å². The number of fused-ring (bicyclic) bond motifs is 1. The number of allylic oxidation sites excluding steroid dienone is 1. The van der Waals surface area contributed by atoms with E-state index >= 15 is 0 Å². The van der Waals surface area contributed by atoms with Gasteiger partial charge in [-0.05, 0) is 37.0 Å². The molecule has 0 atom stereocenters. The Bertz CT molecular complexity index is 950. The van der Waals surface area contributed by atoms with Gasteiger partial charge in [0.05, 0.1) is 10.5 Å². The maximum Gasteiger partial charge on any atom is 0.293 e. The molecule has 4 rings (SSSR count). The quantitative estimate of drug-likeness (QED) is 0.356. The second-order valence-electron chi connectivity index (χ2n) is 6.81. The highest BCUT2D eigenvalue weighted by Crippen LogP contribution is 2.33. The summed E-state index contributed by atoms with van der Waals surface area (Å²) in [7, 11) is 0. The number of anilines is 1. The number of carbonyl (C=O) groups excluding carboxylic acids is 2. The molecule has 0 N–H and O–H groups in total. The van der Waals surface area contributed by atoms with Crippen LogP contribution in [0.5, 0.6) is 0 Å². The summed E-state index contributed by atoms with van der Waals surface area (Å²) in [5.41, 5.74) is 1.89. The third-order valence-corrected chi connectivity index (χ3v) is 5.11. The number of Topliss-reactive ketones (excluding diaryl/α,β-unsaturated/α-hetero) is 2.